The van der Waals surface area contributed by atoms with Crippen LogP contribution in [0.5, 0.6) is 0 Å². The van der Waals surface area contributed by atoms with E-state index in [-0.39, 0.29) is 0 Å². The lowest BCUT2D eigenvalue weighted by atomic mass is 10.0. The molecule has 126 valence electrons. The molecule has 1 aromatic carbocycles. The van der Waals surface area contributed by atoms with Gasteiger partial charge < -0.3 is 10.2 Å². The van der Waals surface area contributed by atoms with Crippen molar-refractivity contribution in [3.8, 4) is 0 Å². The number of fused-ring (bicyclic) bond motifs is 1. The van der Waals surface area contributed by atoms with Crippen LogP contribution in [0.25, 0.3) is 0 Å². The molecule has 0 saturated heterocycles. The Kier molecular flexibility index (Phi) is 4.29. The van der Waals surface area contributed by atoms with Gasteiger partial charge in [-0.05, 0) is 49.1 Å². The van der Waals surface area contributed by atoms with Crippen LogP contribution in [0.2, 0.25) is 0 Å². The summed E-state index contributed by atoms with van der Waals surface area (Å²) >= 11 is 0. The smallest absolute Gasteiger partial charge is 0.138 e. The first-order valence-electron chi connectivity index (χ1n) is 8.63. The summed E-state index contributed by atoms with van der Waals surface area (Å²) in [4.78, 5) is 15.6. The Morgan fingerprint density at radius 1 is 1.08 bits per heavy atom. The Balaban J connectivity index is 1.60. The van der Waals surface area contributed by atoms with Crippen LogP contribution in [-0.2, 0) is 13.0 Å². The molecule has 4 rings (SSSR count). The lowest BCUT2D eigenvalue weighted by molar-refractivity contribution is 0.756. The molecule has 25 heavy (non-hydrogen) atoms. The van der Waals surface area contributed by atoms with Crippen molar-refractivity contribution in [2.24, 2.45) is 0 Å². The third-order valence-electron chi connectivity index (χ3n) is 4.43. The molecule has 0 amide bonds. The van der Waals surface area contributed by atoms with Crippen LogP contribution in [-0.4, -0.2) is 21.5 Å². The zero-order chi connectivity index (χ0) is 17.1. The summed E-state index contributed by atoms with van der Waals surface area (Å²) in [6.07, 6.45) is 5.88. The van der Waals surface area contributed by atoms with Crippen LogP contribution >= 0.6 is 0 Å². The van der Waals surface area contributed by atoms with Crippen molar-refractivity contribution in [3.05, 3.63) is 71.8 Å². The first-order valence-corrected chi connectivity index (χ1v) is 8.63. The molecule has 0 saturated carbocycles. The van der Waals surface area contributed by atoms with Crippen LogP contribution in [0, 0.1) is 6.92 Å². The Labute approximate surface area is 147 Å². The molecule has 1 N–H and O–H groups in total. The van der Waals surface area contributed by atoms with Crippen molar-refractivity contribution >= 4 is 17.3 Å². The lowest BCUT2D eigenvalue weighted by Gasteiger charge is -2.30. The number of aromatic nitrogens is 3. The van der Waals surface area contributed by atoms with Crippen molar-refractivity contribution < 1.29 is 0 Å². The van der Waals surface area contributed by atoms with Crippen LogP contribution in [0.4, 0.5) is 17.3 Å². The average molecular weight is 331 g/mol. The molecule has 0 fully saturated rings. The Bertz CT molecular complexity index is 863. The number of pyridine rings is 1. The van der Waals surface area contributed by atoms with Gasteiger partial charge in [-0.2, -0.15) is 0 Å². The monoisotopic (exact) mass is 331 g/mol. The molecule has 0 unspecified atom stereocenters. The molecule has 5 nitrogen and oxygen atoms in total. The normalized spacial score (nSPS) is 13.4. The van der Waals surface area contributed by atoms with Crippen molar-refractivity contribution in [1.82, 2.24) is 15.0 Å². The molecule has 5 heteroatoms. The molecule has 1 aliphatic heterocycles. The van der Waals surface area contributed by atoms with Gasteiger partial charge in [-0.1, -0.05) is 18.2 Å². The minimum atomic E-state index is 0.717. The average Bonchev–Trinajstić information content (AvgIpc) is 2.66. The predicted octanol–water partition coefficient (Wildman–Crippen LogP) is 3.88. The third-order valence-corrected chi connectivity index (χ3v) is 4.43. The number of hydrogen-bond acceptors (Lipinski definition) is 5. The number of benzene rings is 1. The highest BCUT2D eigenvalue weighted by molar-refractivity contribution is 5.67. The first kappa shape index (κ1) is 15.6. The molecule has 3 heterocycles. The van der Waals surface area contributed by atoms with Crippen LogP contribution in [0.15, 0.2) is 54.9 Å². The van der Waals surface area contributed by atoms with E-state index in [0.29, 0.717) is 0 Å². The predicted molar refractivity (Wildman–Crippen MR) is 100 cm³/mol. The number of nitrogens with one attached hydrogen (secondary N) is 1. The standard InChI is InChI=1S/C20H21N5/c1-15-23-19(22-14-16-8-10-21-11-9-16)13-20(24-15)25-12-4-6-17-5-2-3-7-18(17)25/h2-3,5,7-11,13H,4,6,12,14H2,1H3,(H,22,23,24). The Hall–Kier alpha value is -2.95. The van der Waals surface area contributed by atoms with Gasteiger partial charge >= 0.3 is 0 Å². The van der Waals surface area contributed by atoms with E-state index in [9.17, 15) is 0 Å². The number of anilines is 3. The molecular formula is C20H21N5. The number of aryl methyl sites for hydroxylation is 2. The highest BCUT2D eigenvalue weighted by Gasteiger charge is 2.19. The van der Waals surface area contributed by atoms with Gasteiger partial charge in [0.05, 0.1) is 0 Å². The second-order valence-electron chi connectivity index (χ2n) is 6.25. The quantitative estimate of drug-likeness (QED) is 0.786. The van der Waals surface area contributed by atoms with E-state index in [4.69, 9.17) is 0 Å². The van der Waals surface area contributed by atoms with Gasteiger partial charge in [0.15, 0.2) is 0 Å². The van der Waals surface area contributed by atoms with E-state index >= 15 is 0 Å². The second-order valence-corrected chi connectivity index (χ2v) is 6.25. The summed E-state index contributed by atoms with van der Waals surface area (Å²) in [6.45, 7) is 3.64. The van der Waals surface area contributed by atoms with Gasteiger partial charge in [0, 0.05) is 37.2 Å². The zero-order valence-corrected chi connectivity index (χ0v) is 14.3. The number of hydrogen-bond donors (Lipinski definition) is 1. The minimum Gasteiger partial charge on any atom is -0.366 e. The molecule has 0 atom stereocenters. The van der Waals surface area contributed by atoms with Crippen molar-refractivity contribution in [2.75, 3.05) is 16.8 Å². The van der Waals surface area contributed by atoms with Crippen LogP contribution < -0.4 is 10.2 Å². The van der Waals surface area contributed by atoms with Crippen molar-refractivity contribution in [1.29, 1.82) is 0 Å². The van der Waals surface area contributed by atoms with Crippen molar-refractivity contribution in [3.63, 3.8) is 0 Å². The molecule has 1 aliphatic rings. The molecule has 0 bridgehead atoms. The summed E-state index contributed by atoms with van der Waals surface area (Å²) in [5.41, 5.74) is 3.82. The van der Waals surface area contributed by atoms with Gasteiger partial charge in [-0.15, -0.1) is 0 Å². The Morgan fingerprint density at radius 3 is 2.80 bits per heavy atom. The van der Waals surface area contributed by atoms with Gasteiger partial charge in [-0.25, -0.2) is 9.97 Å². The maximum absolute atomic E-state index is 4.68. The molecular weight excluding hydrogens is 310 g/mol. The SMILES string of the molecule is Cc1nc(NCc2ccncc2)cc(N2CCCc3ccccc32)n1. The topological polar surface area (TPSA) is 53.9 Å². The van der Waals surface area contributed by atoms with E-state index < -0.39 is 0 Å². The Morgan fingerprint density at radius 2 is 1.92 bits per heavy atom. The van der Waals surface area contributed by atoms with E-state index in [1.165, 1.54) is 16.8 Å². The highest BCUT2D eigenvalue weighted by atomic mass is 15.2. The van der Waals surface area contributed by atoms with Crippen LogP contribution in [0.1, 0.15) is 23.4 Å². The van der Waals surface area contributed by atoms with E-state index in [0.717, 1.165) is 43.4 Å². The van der Waals surface area contributed by atoms with E-state index in [1.807, 2.05) is 25.1 Å². The van der Waals surface area contributed by atoms with Gasteiger partial charge in [0.25, 0.3) is 0 Å². The van der Waals surface area contributed by atoms with Crippen molar-refractivity contribution in [2.45, 2.75) is 26.3 Å². The maximum Gasteiger partial charge on any atom is 0.138 e. The fourth-order valence-corrected chi connectivity index (χ4v) is 3.25. The largest absolute Gasteiger partial charge is 0.366 e. The first-order chi connectivity index (χ1) is 12.3. The van der Waals surface area contributed by atoms with Gasteiger partial charge in [0.1, 0.15) is 17.5 Å². The fourth-order valence-electron chi connectivity index (χ4n) is 3.25. The summed E-state index contributed by atoms with van der Waals surface area (Å²) in [7, 11) is 0. The van der Waals surface area contributed by atoms with Crippen LogP contribution in [0.3, 0.4) is 0 Å². The molecule has 2 aromatic heterocycles. The zero-order valence-electron chi connectivity index (χ0n) is 14.3. The highest BCUT2D eigenvalue weighted by Crippen LogP contribution is 2.32. The van der Waals surface area contributed by atoms with Gasteiger partial charge in [-0.3, -0.25) is 4.98 Å². The summed E-state index contributed by atoms with van der Waals surface area (Å²) in [6, 6.07) is 14.6. The molecule has 0 radical (unpaired) electrons. The number of nitrogens with zero attached hydrogens (tertiary/aromatic N) is 4. The molecule has 0 spiro atoms. The minimum absolute atomic E-state index is 0.717. The maximum atomic E-state index is 4.68. The third kappa shape index (κ3) is 3.45. The lowest BCUT2D eigenvalue weighted by Crippen LogP contribution is -2.25. The van der Waals surface area contributed by atoms with E-state index in [2.05, 4.69) is 49.4 Å². The molecule has 3 aromatic rings. The van der Waals surface area contributed by atoms with E-state index in [1.54, 1.807) is 12.4 Å². The second kappa shape index (κ2) is 6.89. The summed E-state index contributed by atoms with van der Waals surface area (Å²) in [5, 5.41) is 3.40. The number of rotatable bonds is 4. The summed E-state index contributed by atoms with van der Waals surface area (Å²) in [5.74, 6) is 2.58. The fraction of sp³-hybridized carbons (Fsp3) is 0.250. The number of para-hydroxylation sites is 1. The summed E-state index contributed by atoms with van der Waals surface area (Å²) < 4.78 is 0. The van der Waals surface area contributed by atoms with Gasteiger partial charge in [0.2, 0.25) is 0 Å². The molecule has 0 aliphatic carbocycles.